The fourth-order valence-electron chi connectivity index (χ4n) is 1.28. The lowest BCUT2D eigenvalue weighted by atomic mass is 10.3. The maximum absolute atomic E-state index is 12.0. The molecular weight excluding hydrogens is 251 g/mol. The lowest BCUT2D eigenvalue weighted by Crippen LogP contribution is -2.24. The zero-order valence-corrected chi connectivity index (χ0v) is 10.6. The molecule has 0 aliphatic carbocycles. The van der Waals surface area contributed by atoms with Gasteiger partial charge in [-0.05, 0) is 14.0 Å². The minimum Gasteiger partial charge on any atom is -0.322 e. The van der Waals surface area contributed by atoms with Gasteiger partial charge in [0.1, 0.15) is 5.01 Å². The van der Waals surface area contributed by atoms with Crippen molar-refractivity contribution in [2.75, 3.05) is 13.6 Å². The first-order chi connectivity index (χ1) is 7.78. The number of aromatic nitrogens is 1. The van der Waals surface area contributed by atoms with E-state index in [0.717, 1.165) is 10.7 Å². The van der Waals surface area contributed by atoms with E-state index in [9.17, 15) is 13.2 Å². The van der Waals surface area contributed by atoms with Crippen LogP contribution in [-0.4, -0.2) is 29.7 Å². The highest BCUT2D eigenvalue weighted by Crippen LogP contribution is 2.20. The second-order valence-electron chi connectivity index (χ2n) is 4.07. The second-order valence-corrected chi connectivity index (χ2v) is 4.96. The van der Waals surface area contributed by atoms with E-state index in [1.165, 1.54) is 11.3 Å². The smallest absolute Gasteiger partial charge is 0.322 e. The van der Waals surface area contributed by atoms with Gasteiger partial charge in [0, 0.05) is 18.5 Å². The van der Waals surface area contributed by atoms with Gasteiger partial charge in [-0.3, -0.25) is 0 Å². The second kappa shape index (κ2) is 5.79. The highest BCUT2D eigenvalue weighted by Gasteiger charge is 2.27. The Labute approximate surface area is 102 Å². The molecule has 0 radical (unpaired) electrons. The average molecular weight is 267 g/mol. The van der Waals surface area contributed by atoms with Crippen molar-refractivity contribution in [2.24, 2.45) is 5.73 Å². The number of nitrogens with two attached hydrogens (primary N) is 1. The van der Waals surface area contributed by atoms with Gasteiger partial charge in [-0.25, -0.2) is 4.98 Å². The van der Waals surface area contributed by atoms with Crippen molar-refractivity contribution in [1.29, 1.82) is 0 Å². The number of rotatable bonds is 5. The summed E-state index contributed by atoms with van der Waals surface area (Å²) in [5.74, 6) is 0. The Balaban J connectivity index is 2.42. The molecule has 1 rings (SSSR count). The Hall–Kier alpha value is -0.660. The summed E-state index contributed by atoms with van der Waals surface area (Å²) in [6, 6.07) is -0.130. The van der Waals surface area contributed by atoms with Gasteiger partial charge in [-0.1, -0.05) is 0 Å². The lowest BCUT2D eigenvalue weighted by molar-refractivity contribution is -0.137. The number of hydrogen-bond donors (Lipinski definition) is 1. The molecule has 0 aromatic carbocycles. The normalized spacial score (nSPS) is 14.3. The van der Waals surface area contributed by atoms with E-state index >= 15 is 0 Å². The van der Waals surface area contributed by atoms with Crippen molar-refractivity contribution < 1.29 is 13.2 Å². The Kier molecular flexibility index (Phi) is 4.91. The van der Waals surface area contributed by atoms with Crippen LogP contribution in [0.2, 0.25) is 0 Å². The molecule has 3 nitrogen and oxygen atoms in total. The third kappa shape index (κ3) is 5.47. The van der Waals surface area contributed by atoms with Crippen LogP contribution < -0.4 is 5.73 Å². The van der Waals surface area contributed by atoms with Gasteiger partial charge >= 0.3 is 6.18 Å². The molecule has 0 bridgehead atoms. The van der Waals surface area contributed by atoms with Crippen molar-refractivity contribution in [1.82, 2.24) is 9.88 Å². The molecule has 1 atom stereocenters. The summed E-state index contributed by atoms with van der Waals surface area (Å²) in [6.07, 6.45) is -4.90. The fraction of sp³-hybridized carbons (Fsp3) is 0.700. The van der Waals surface area contributed by atoms with Gasteiger partial charge < -0.3 is 10.6 Å². The summed E-state index contributed by atoms with van der Waals surface area (Å²) in [4.78, 5) is 5.87. The SMILES string of the molecule is CC(N)c1nc(CN(C)CCC(F)(F)F)cs1. The maximum atomic E-state index is 12.0. The Morgan fingerprint density at radius 3 is 2.65 bits per heavy atom. The zero-order chi connectivity index (χ0) is 13.1. The van der Waals surface area contributed by atoms with Crippen LogP contribution in [0, 0.1) is 0 Å². The summed E-state index contributed by atoms with van der Waals surface area (Å²) < 4.78 is 36.0. The van der Waals surface area contributed by atoms with Crippen molar-refractivity contribution in [3.05, 3.63) is 16.1 Å². The van der Waals surface area contributed by atoms with Gasteiger partial charge in [0.2, 0.25) is 0 Å². The molecule has 1 aromatic rings. The standard InChI is InChI=1S/C10H16F3N3S/c1-7(14)9-15-8(6-17-9)5-16(2)4-3-10(11,12)13/h6-7H,3-5,14H2,1-2H3. The number of thiazole rings is 1. The molecule has 7 heteroatoms. The van der Waals surface area contributed by atoms with Gasteiger partial charge in [-0.15, -0.1) is 11.3 Å². The molecule has 1 heterocycles. The number of halogens is 3. The lowest BCUT2D eigenvalue weighted by Gasteiger charge is -2.16. The van der Waals surface area contributed by atoms with Crippen LogP contribution in [0.3, 0.4) is 0 Å². The van der Waals surface area contributed by atoms with Crippen LogP contribution in [0.5, 0.6) is 0 Å². The van der Waals surface area contributed by atoms with E-state index < -0.39 is 12.6 Å². The molecule has 0 saturated carbocycles. The zero-order valence-electron chi connectivity index (χ0n) is 9.79. The van der Waals surface area contributed by atoms with Gasteiger partial charge in [0.25, 0.3) is 0 Å². The topological polar surface area (TPSA) is 42.1 Å². The van der Waals surface area contributed by atoms with Crippen LogP contribution in [0.1, 0.15) is 30.1 Å². The Morgan fingerprint density at radius 1 is 1.53 bits per heavy atom. The van der Waals surface area contributed by atoms with Gasteiger partial charge in [0.15, 0.2) is 0 Å². The molecule has 17 heavy (non-hydrogen) atoms. The molecule has 1 unspecified atom stereocenters. The van der Waals surface area contributed by atoms with Crippen molar-refractivity contribution in [3.63, 3.8) is 0 Å². The van der Waals surface area contributed by atoms with E-state index in [2.05, 4.69) is 4.98 Å². The van der Waals surface area contributed by atoms with Crippen molar-refractivity contribution >= 4 is 11.3 Å². The number of nitrogens with zero attached hydrogens (tertiary/aromatic N) is 2. The maximum Gasteiger partial charge on any atom is 0.390 e. The largest absolute Gasteiger partial charge is 0.390 e. The van der Waals surface area contributed by atoms with Crippen LogP contribution in [0.25, 0.3) is 0 Å². The molecular formula is C10H16F3N3S. The highest BCUT2D eigenvalue weighted by atomic mass is 32.1. The summed E-state index contributed by atoms with van der Waals surface area (Å²) in [7, 11) is 1.65. The van der Waals surface area contributed by atoms with E-state index in [1.54, 1.807) is 11.9 Å². The van der Waals surface area contributed by atoms with Crippen LogP contribution >= 0.6 is 11.3 Å². The first-order valence-electron chi connectivity index (χ1n) is 5.23. The summed E-state index contributed by atoms with van der Waals surface area (Å²) >= 11 is 1.44. The van der Waals surface area contributed by atoms with Crippen LogP contribution in [-0.2, 0) is 6.54 Å². The predicted molar refractivity (Wildman–Crippen MR) is 61.7 cm³/mol. The Bertz CT molecular complexity index is 349. The van der Waals surface area contributed by atoms with Crippen molar-refractivity contribution in [3.8, 4) is 0 Å². The predicted octanol–water partition coefficient (Wildman–Crippen LogP) is 2.55. The van der Waals surface area contributed by atoms with Crippen molar-refractivity contribution in [2.45, 2.75) is 32.1 Å². The first kappa shape index (κ1) is 14.4. The molecule has 1 aromatic heterocycles. The van der Waals surface area contributed by atoms with Gasteiger partial charge in [0.05, 0.1) is 18.2 Å². The number of hydrogen-bond acceptors (Lipinski definition) is 4. The van der Waals surface area contributed by atoms with E-state index in [4.69, 9.17) is 5.73 Å². The molecule has 0 amide bonds. The fourth-order valence-corrected chi connectivity index (χ4v) is 2.05. The first-order valence-corrected chi connectivity index (χ1v) is 6.11. The summed E-state index contributed by atoms with van der Waals surface area (Å²) in [5.41, 5.74) is 6.43. The third-order valence-electron chi connectivity index (χ3n) is 2.17. The highest BCUT2D eigenvalue weighted by molar-refractivity contribution is 7.09. The van der Waals surface area contributed by atoms with Crippen LogP contribution in [0.15, 0.2) is 5.38 Å². The van der Waals surface area contributed by atoms with Gasteiger partial charge in [-0.2, -0.15) is 13.2 Å². The molecule has 0 aliphatic heterocycles. The molecule has 0 aliphatic rings. The molecule has 0 spiro atoms. The Morgan fingerprint density at radius 2 is 2.18 bits per heavy atom. The van der Waals surface area contributed by atoms with E-state index in [0.29, 0.717) is 6.54 Å². The molecule has 98 valence electrons. The van der Waals surface area contributed by atoms with Crippen LogP contribution in [0.4, 0.5) is 13.2 Å². The summed E-state index contributed by atoms with van der Waals surface area (Å²) in [5, 5.41) is 2.65. The minimum absolute atomic E-state index is 0.0193. The molecule has 2 N–H and O–H groups in total. The monoisotopic (exact) mass is 267 g/mol. The third-order valence-corrected chi connectivity index (χ3v) is 3.26. The molecule has 0 saturated heterocycles. The molecule has 0 fully saturated rings. The average Bonchev–Trinajstić information content (AvgIpc) is 2.62. The minimum atomic E-state index is -4.10. The number of alkyl halides is 3. The quantitative estimate of drug-likeness (QED) is 0.891. The summed E-state index contributed by atoms with van der Waals surface area (Å²) in [6.45, 7) is 2.23. The van der Waals surface area contributed by atoms with E-state index in [-0.39, 0.29) is 12.6 Å². The van der Waals surface area contributed by atoms with E-state index in [1.807, 2.05) is 12.3 Å².